The molecule has 0 amide bonds. The summed E-state index contributed by atoms with van der Waals surface area (Å²) in [5.41, 5.74) is 11.8. The lowest BCUT2D eigenvalue weighted by molar-refractivity contribution is 1.02. The first-order valence-corrected chi connectivity index (χ1v) is 11.0. The lowest BCUT2D eigenvalue weighted by Crippen LogP contribution is -2.03. The van der Waals surface area contributed by atoms with E-state index in [1.54, 1.807) is 0 Å². The molecule has 0 bridgehead atoms. The zero-order valence-corrected chi connectivity index (χ0v) is 18.6. The molecule has 2 N–H and O–H groups in total. The minimum Gasteiger partial charge on any atom is -0.398 e. The highest BCUT2D eigenvalue weighted by molar-refractivity contribution is 6.41. The summed E-state index contributed by atoms with van der Waals surface area (Å²) in [4.78, 5) is 0. The van der Waals surface area contributed by atoms with Crippen LogP contribution in [0, 0.1) is 6.92 Å². The monoisotopic (exact) mass is 401 g/mol. The van der Waals surface area contributed by atoms with Crippen molar-refractivity contribution in [3.8, 4) is 0 Å². The number of anilines is 1. The first kappa shape index (κ1) is 21.0. The molecule has 2 radical (unpaired) electrons. The van der Waals surface area contributed by atoms with E-state index in [0.717, 1.165) is 29.4 Å². The molecule has 2 heteroatoms. The van der Waals surface area contributed by atoms with Crippen LogP contribution < -0.4 is 11.2 Å². The molecule has 5 aromatic rings. The van der Waals surface area contributed by atoms with Crippen LogP contribution in [0.25, 0.3) is 32.3 Å². The molecule has 0 aliphatic heterocycles. The van der Waals surface area contributed by atoms with Gasteiger partial charge in [0.2, 0.25) is 0 Å². The predicted molar refractivity (Wildman–Crippen MR) is 139 cm³/mol. The van der Waals surface area contributed by atoms with Gasteiger partial charge in [-0.1, -0.05) is 80.0 Å². The molecule has 0 aromatic heterocycles. The molecule has 0 aliphatic rings. The Morgan fingerprint density at radius 1 is 0.677 bits per heavy atom. The number of fused-ring (bicyclic) bond motifs is 4. The van der Waals surface area contributed by atoms with Gasteiger partial charge in [-0.15, -0.1) is 0 Å². The second kappa shape index (κ2) is 8.85. The molecular formula is C29H28BN. The zero-order chi connectivity index (χ0) is 22.0. The maximum atomic E-state index is 6.17. The summed E-state index contributed by atoms with van der Waals surface area (Å²) >= 11 is 0. The quantitative estimate of drug-likeness (QED) is 0.153. The number of benzene rings is 5. The molecular weight excluding hydrogens is 373 g/mol. The summed E-state index contributed by atoms with van der Waals surface area (Å²) in [7, 11) is 6.17. The third-order valence-electron chi connectivity index (χ3n) is 6.17. The summed E-state index contributed by atoms with van der Waals surface area (Å²) in [6.45, 7) is 6.49. The van der Waals surface area contributed by atoms with Gasteiger partial charge in [-0.05, 0) is 87.0 Å². The maximum Gasteiger partial charge on any atom is 0.114 e. The second-order valence-corrected chi connectivity index (χ2v) is 8.07. The van der Waals surface area contributed by atoms with Crippen LogP contribution in [0.2, 0.25) is 0 Å². The number of nitrogens with two attached hydrogens (primary N) is 1. The van der Waals surface area contributed by atoms with Crippen LogP contribution in [0.4, 0.5) is 5.69 Å². The van der Waals surface area contributed by atoms with Gasteiger partial charge < -0.3 is 5.73 Å². The first-order valence-electron chi connectivity index (χ1n) is 11.0. The molecule has 0 saturated heterocycles. The number of hydrogen-bond acceptors (Lipinski definition) is 1. The minimum atomic E-state index is 0.846. The Bertz CT molecular complexity index is 1360. The molecule has 0 aliphatic carbocycles. The van der Waals surface area contributed by atoms with Gasteiger partial charge in [0.1, 0.15) is 7.85 Å². The van der Waals surface area contributed by atoms with Crippen molar-refractivity contribution in [3.05, 3.63) is 95.6 Å². The van der Waals surface area contributed by atoms with Gasteiger partial charge in [0.15, 0.2) is 0 Å². The third kappa shape index (κ3) is 4.03. The minimum absolute atomic E-state index is 0.846. The second-order valence-electron chi connectivity index (χ2n) is 8.07. The third-order valence-corrected chi connectivity index (χ3v) is 6.17. The Labute approximate surface area is 186 Å². The van der Waals surface area contributed by atoms with E-state index in [1.165, 1.54) is 43.6 Å². The van der Waals surface area contributed by atoms with E-state index in [2.05, 4.69) is 81.4 Å². The van der Waals surface area contributed by atoms with Crippen molar-refractivity contribution in [3.63, 3.8) is 0 Å². The first-order chi connectivity index (χ1) is 15.0. The van der Waals surface area contributed by atoms with E-state index >= 15 is 0 Å². The molecule has 5 rings (SSSR count). The van der Waals surface area contributed by atoms with Crippen molar-refractivity contribution >= 4 is 51.3 Å². The van der Waals surface area contributed by atoms with E-state index in [0.29, 0.717) is 0 Å². The zero-order valence-electron chi connectivity index (χ0n) is 18.6. The Hall–Kier alpha value is -3.26. The lowest BCUT2D eigenvalue weighted by Gasteiger charge is -2.11. The van der Waals surface area contributed by atoms with Gasteiger partial charge in [0.25, 0.3) is 0 Å². The average molecular weight is 401 g/mol. The van der Waals surface area contributed by atoms with Gasteiger partial charge in [-0.3, -0.25) is 0 Å². The smallest absolute Gasteiger partial charge is 0.114 e. The molecule has 0 unspecified atom stereocenters. The van der Waals surface area contributed by atoms with Crippen LogP contribution in [0.15, 0.2) is 78.9 Å². The van der Waals surface area contributed by atoms with Crippen molar-refractivity contribution in [1.29, 1.82) is 0 Å². The van der Waals surface area contributed by atoms with Gasteiger partial charge in [-0.2, -0.15) is 0 Å². The van der Waals surface area contributed by atoms with E-state index in [9.17, 15) is 0 Å². The van der Waals surface area contributed by atoms with Crippen LogP contribution in [-0.2, 0) is 12.8 Å². The van der Waals surface area contributed by atoms with Crippen molar-refractivity contribution in [2.24, 2.45) is 0 Å². The number of hydrogen-bond donors (Lipinski definition) is 1. The average Bonchev–Trinajstić information content (AvgIpc) is 2.79. The van der Waals surface area contributed by atoms with Crippen molar-refractivity contribution in [1.82, 2.24) is 0 Å². The molecule has 152 valence electrons. The largest absolute Gasteiger partial charge is 0.398 e. The molecule has 1 nitrogen and oxygen atoms in total. The van der Waals surface area contributed by atoms with Gasteiger partial charge in [0.05, 0.1) is 0 Å². The predicted octanol–water partition coefficient (Wildman–Crippen LogP) is 6.64. The maximum absolute atomic E-state index is 6.17. The van der Waals surface area contributed by atoms with Gasteiger partial charge >= 0.3 is 0 Å². The summed E-state index contributed by atoms with van der Waals surface area (Å²) in [6.07, 6.45) is 2.12. The lowest BCUT2D eigenvalue weighted by atomic mass is 9.87. The van der Waals surface area contributed by atoms with Crippen LogP contribution >= 0.6 is 0 Å². The fourth-order valence-electron chi connectivity index (χ4n) is 4.57. The Kier molecular flexibility index (Phi) is 6.00. The van der Waals surface area contributed by atoms with Gasteiger partial charge in [0, 0.05) is 5.69 Å². The van der Waals surface area contributed by atoms with E-state index in [1.807, 2.05) is 18.2 Å². The van der Waals surface area contributed by atoms with Crippen LogP contribution in [0.5, 0.6) is 0 Å². The molecule has 0 heterocycles. The van der Waals surface area contributed by atoms with E-state index < -0.39 is 0 Å². The molecule has 0 saturated carbocycles. The van der Waals surface area contributed by atoms with Crippen molar-refractivity contribution in [2.45, 2.75) is 33.6 Å². The van der Waals surface area contributed by atoms with Gasteiger partial charge in [-0.25, -0.2) is 0 Å². The summed E-state index contributed by atoms with van der Waals surface area (Å²) in [5, 5.41) is 7.35. The molecule has 0 atom stereocenters. The fourth-order valence-corrected chi connectivity index (χ4v) is 4.57. The fraction of sp³-hybridized carbons (Fsp3) is 0.172. The number of nitrogen functional groups attached to an aromatic ring is 1. The molecule has 31 heavy (non-hydrogen) atoms. The number of aryl methyl sites for hydroxylation is 1. The Balaban J connectivity index is 0.000000168. The van der Waals surface area contributed by atoms with E-state index in [4.69, 9.17) is 13.6 Å². The number of rotatable bonds is 2. The van der Waals surface area contributed by atoms with Crippen molar-refractivity contribution in [2.75, 3.05) is 5.73 Å². The summed E-state index contributed by atoms with van der Waals surface area (Å²) in [6, 6.07) is 27.4. The highest BCUT2D eigenvalue weighted by Gasteiger charge is 2.05. The van der Waals surface area contributed by atoms with E-state index in [-0.39, 0.29) is 0 Å². The Morgan fingerprint density at radius 2 is 1.32 bits per heavy atom. The SMILES string of the molecule is CCc1c(C)ccc(N)c1CC.[B]c1cccc2ccc3cc4ccccc4cc3c12. The highest BCUT2D eigenvalue weighted by atomic mass is 14.6. The standard InChI is InChI=1S/C18H11B.C11H17N/c19-17-7-3-6-12-8-9-15-10-13-4-1-2-5-14(13)11-16(15)18(12)17;1-4-9-8(3)6-7-11(12)10(9)5-2/h1-11H;6-7H,4-5,12H2,1-3H3. The van der Waals surface area contributed by atoms with Crippen LogP contribution in [-0.4, -0.2) is 7.85 Å². The van der Waals surface area contributed by atoms with Crippen LogP contribution in [0.1, 0.15) is 30.5 Å². The molecule has 0 fully saturated rings. The molecule has 5 aromatic carbocycles. The Morgan fingerprint density at radius 3 is 2.00 bits per heavy atom. The topological polar surface area (TPSA) is 26.0 Å². The van der Waals surface area contributed by atoms with Crippen molar-refractivity contribution < 1.29 is 0 Å². The summed E-state index contributed by atoms with van der Waals surface area (Å²) in [5.74, 6) is 0. The summed E-state index contributed by atoms with van der Waals surface area (Å²) < 4.78 is 0. The molecule has 0 spiro atoms. The normalized spacial score (nSPS) is 10.9. The van der Waals surface area contributed by atoms with Crippen LogP contribution in [0.3, 0.4) is 0 Å². The highest BCUT2D eigenvalue weighted by Crippen LogP contribution is 2.28.